The predicted octanol–water partition coefficient (Wildman–Crippen LogP) is -8.20. The van der Waals surface area contributed by atoms with Gasteiger partial charge < -0.3 is 84.4 Å². The predicted molar refractivity (Wildman–Crippen MR) is 287 cm³/mol. The van der Waals surface area contributed by atoms with Gasteiger partial charge in [-0.1, -0.05) is 18.6 Å². The van der Waals surface area contributed by atoms with Crippen LogP contribution in [-0.4, -0.2) is 178 Å². The number of rotatable bonds is 28. The number of primary amides is 1. The van der Waals surface area contributed by atoms with E-state index < -0.39 is 148 Å². The minimum atomic E-state index is -4.14. The summed E-state index contributed by atoms with van der Waals surface area (Å²) in [6, 6.07) is 3.64. The molecule has 450 valence electrons. The van der Waals surface area contributed by atoms with Crippen molar-refractivity contribution in [3.05, 3.63) is 54.1 Å². The van der Waals surface area contributed by atoms with E-state index in [1.807, 2.05) is 5.32 Å². The fourth-order valence-corrected chi connectivity index (χ4v) is 12.4. The highest BCUT2D eigenvalue weighted by Gasteiger charge is 2.46. The van der Waals surface area contributed by atoms with Crippen LogP contribution in [0.2, 0.25) is 0 Å². The number of ether oxygens (including phenoxy) is 1. The van der Waals surface area contributed by atoms with E-state index in [2.05, 4.69) is 48.3 Å². The summed E-state index contributed by atoms with van der Waals surface area (Å²) >= 11 is 0. The minimum Gasteiger partial charge on any atom is -0.550 e. The lowest BCUT2D eigenvalue weighted by molar-refractivity contribution is -0.638. The van der Waals surface area contributed by atoms with Gasteiger partial charge in [-0.15, -0.1) is 0 Å². The van der Waals surface area contributed by atoms with Crippen LogP contribution in [0.3, 0.4) is 0 Å². The second kappa shape index (κ2) is 29.5. The Balaban J connectivity index is 1.13. The number of methoxy groups -OCH3 is 1. The van der Waals surface area contributed by atoms with Crippen LogP contribution in [0.5, 0.6) is 11.5 Å². The highest BCUT2D eigenvalue weighted by atomic mass is 32.2. The Morgan fingerprint density at radius 1 is 0.683 bits per heavy atom. The molecule has 3 aliphatic heterocycles. The molecule has 6 rings (SSSR count). The first-order valence-corrected chi connectivity index (χ1v) is 29.2. The van der Waals surface area contributed by atoms with Crippen LogP contribution in [0.25, 0.3) is 0 Å². The average molecular weight is 1170 g/mol. The first-order valence-electron chi connectivity index (χ1n) is 27.7. The summed E-state index contributed by atoms with van der Waals surface area (Å²) in [5, 5.41) is 47.3. The molecule has 3 saturated heterocycles. The fourth-order valence-electron chi connectivity index (χ4n) is 10.9. The number of quaternary nitrogens is 3. The zero-order chi connectivity index (χ0) is 59.8. The van der Waals surface area contributed by atoms with Gasteiger partial charge in [0.1, 0.15) is 47.5 Å². The van der Waals surface area contributed by atoms with Gasteiger partial charge in [0.15, 0.2) is 0 Å². The maximum absolute atomic E-state index is 14.4. The number of carboxylic acids is 1. The van der Waals surface area contributed by atoms with Gasteiger partial charge in [-0.2, -0.15) is 4.31 Å². The zero-order valence-corrected chi connectivity index (χ0v) is 47.1. The molecule has 82 heavy (non-hydrogen) atoms. The van der Waals surface area contributed by atoms with Crippen molar-refractivity contribution in [2.24, 2.45) is 29.4 Å². The molecule has 12 atom stereocenters. The lowest BCUT2D eigenvalue weighted by Gasteiger charge is -2.28. The number of nitrogens with zero attached hydrogens (tertiary/aromatic N) is 1. The highest BCUT2D eigenvalue weighted by Crippen LogP contribution is 2.29. The summed E-state index contributed by atoms with van der Waals surface area (Å²) in [6.07, 6.45) is 1.29. The Labute approximate surface area is 474 Å². The molecule has 0 aromatic heterocycles. The smallest absolute Gasteiger partial charge is 0.243 e. The van der Waals surface area contributed by atoms with Crippen molar-refractivity contribution in [1.29, 1.82) is 0 Å². The van der Waals surface area contributed by atoms with E-state index >= 15 is 0 Å². The lowest BCUT2D eigenvalue weighted by atomic mass is 9.97. The van der Waals surface area contributed by atoms with Crippen LogP contribution in [0, 0.1) is 23.7 Å². The summed E-state index contributed by atoms with van der Waals surface area (Å²) in [7, 11) is -2.70. The van der Waals surface area contributed by atoms with E-state index in [9.17, 15) is 66.6 Å². The van der Waals surface area contributed by atoms with E-state index in [1.54, 1.807) is 17.4 Å². The van der Waals surface area contributed by atoms with Gasteiger partial charge in [-0.25, -0.2) is 8.42 Å². The van der Waals surface area contributed by atoms with Crippen molar-refractivity contribution in [2.75, 3.05) is 52.9 Å². The number of hydrogen-bond donors (Lipinski definition) is 13. The van der Waals surface area contributed by atoms with E-state index in [1.165, 1.54) is 57.4 Å². The molecular weight excluding hydrogens is 1090 g/mol. The molecule has 4 aliphatic rings. The van der Waals surface area contributed by atoms with Gasteiger partial charge in [0.25, 0.3) is 0 Å². The van der Waals surface area contributed by atoms with Crippen molar-refractivity contribution in [3.8, 4) is 11.5 Å². The van der Waals surface area contributed by atoms with Crippen LogP contribution in [0.4, 0.5) is 0 Å². The molecule has 0 radical (unpaired) electrons. The first-order chi connectivity index (χ1) is 39.0. The molecule has 8 unspecified atom stereocenters. The van der Waals surface area contributed by atoms with Crippen molar-refractivity contribution in [1.82, 2.24) is 46.8 Å². The van der Waals surface area contributed by atoms with Gasteiger partial charge >= 0.3 is 0 Å². The largest absolute Gasteiger partial charge is 0.550 e. The normalized spacial score (nSPS) is 23.9. The molecule has 2 aromatic carbocycles. The SMILES string of the molecule is COc1ccc(S(=O)(=O)N2CC(NC(C)=O)C(C(=O)N[C@H](CCCC[NH3+])C(=O)NC3C[NH2+]CC3C(=O)N[C@H](Cc3ccc(O)cc3)C(=O)NC3CCCC3C(=O)N[C@H](CCC(=O)[O-])C(=O)NC3C[NH2+]CC3C(=O)N[C@H](C)C(N)=O)C2)cc1. The Bertz CT molecular complexity index is 2760. The second-order valence-corrected chi connectivity index (χ2v) is 23.4. The third-order valence-corrected chi connectivity index (χ3v) is 17.4. The molecule has 2 aromatic rings. The van der Waals surface area contributed by atoms with Crippen molar-refractivity contribution in [2.45, 2.75) is 125 Å². The number of nitrogens with two attached hydrogens (primary N) is 3. The molecule has 4 fully saturated rings. The number of amides is 9. The van der Waals surface area contributed by atoms with Crippen LogP contribution in [-0.2, 0) is 64.4 Å². The maximum Gasteiger partial charge on any atom is 0.243 e. The standard InChI is InChI=1S/C53H77N13O15S/c1-28(46(55)71)58-48(73)35-22-56-24-42(35)65-52(77)40(18-19-45(69)70)62-47(72)34-7-6-9-38(34)60-53(78)41(21-30-10-12-31(68)13-11-30)63-49(74)36-23-57-25-43(36)64-51(76)39(8-4-5-20-54)61-50(75)37-26-66(27-44(37)59-29(2)67)82(79,80)33-16-14-32(81-3)15-17-33/h10-17,28,34-44,56-57,68H,4-9,18-27,54H2,1-3H3,(H2,55,71)(H,58,73)(H,59,67)(H,60,78)(H,61,75)(H,62,72)(H,63,74)(H,64,76)(H,65,77)(H,69,70)/p+2/t28-,34?,35?,36?,37?,38?,39-,40-,41-,42?,43?,44?/m1/s1. The third-order valence-electron chi connectivity index (χ3n) is 15.6. The van der Waals surface area contributed by atoms with Gasteiger partial charge in [-0.3, -0.25) is 43.2 Å². The molecule has 1 saturated carbocycles. The van der Waals surface area contributed by atoms with Gasteiger partial charge in [0.05, 0.1) is 74.7 Å². The van der Waals surface area contributed by atoms with E-state index in [4.69, 9.17) is 10.5 Å². The number of carboxylic acid groups (broad SMARTS) is 1. The molecule has 0 spiro atoms. The van der Waals surface area contributed by atoms with Crippen LogP contribution in [0.15, 0.2) is 53.4 Å². The van der Waals surface area contributed by atoms with E-state index in [0.29, 0.717) is 43.5 Å². The highest BCUT2D eigenvalue weighted by molar-refractivity contribution is 7.89. The number of hydrogen-bond acceptors (Lipinski definition) is 15. The molecule has 9 amide bonds. The summed E-state index contributed by atoms with van der Waals surface area (Å²) in [6.45, 7) is 3.66. The molecule has 28 nitrogen and oxygen atoms in total. The van der Waals surface area contributed by atoms with Gasteiger partial charge in [0, 0.05) is 38.4 Å². The molecule has 29 heteroatoms. The van der Waals surface area contributed by atoms with Crippen LogP contribution in [0.1, 0.15) is 70.8 Å². The Kier molecular flexibility index (Phi) is 22.9. The first kappa shape index (κ1) is 63.7. The van der Waals surface area contributed by atoms with Gasteiger partial charge in [0.2, 0.25) is 63.2 Å². The van der Waals surface area contributed by atoms with Crippen molar-refractivity contribution < 1.29 is 87.7 Å². The number of carbonyl (C=O) groups is 10. The average Bonchev–Trinajstić information content (AvgIpc) is 4.15. The molecule has 3 heterocycles. The summed E-state index contributed by atoms with van der Waals surface area (Å²) in [5.74, 6) is -10.5. The monoisotopic (exact) mass is 1170 g/mol. The molecule has 18 N–H and O–H groups in total. The number of aliphatic carboxylic acids is 1. The van der Waals surface area contributed by atoms with Crippen LogP contribution < -0.4 is 74.5 Å². The van der Waals surface area contributed by atoms with Crippen molar-refractivity contribution in [3.63, 3.8) is 0 Å². The minimum absolute atomic E-state index is 0.0433. The van der Waals surface area contributed by atoms with E-state index in [0.717, 1.165) is 4.31 Å². The number of nitrogens with one attached hydrogen (secondary N) is 8. The summed E-state index contributed by atoms with van der Waals surface area (Å²) in [5.41, 5.74) is 9.73. The number of phenols is 1. The van der Waals surface area contributed by atoms with E-state index in [-0.39, 0.29) is 75.6 Å². The lowest BCUT2D eigenvalue weighted by Crippen LogP contribution is -2.82. The number of benzene rings is 2. The number of carbonyl (C=O) groups excluding carboxylic acids is 10. The number of phenolic OH excluding ortho intramolecular Hbond substituents is 1. The van der Waals surface area contributed by atoms with Crippen molar-refractivity contribution >= 4 is 69.2 Å². The molecule has 1 aliphatic carbocycles. The topological polar surface area (TPSA) is 444 Å². The number of aromatic hydroxyl groups is 1. The summed E-state index contributed by atoms with van der Waals surface area (Å²) < 4.78 is 33.8. The quantitative estimate of drug-likeness (QED) is 0.0352. The fraction of sp³-hybridized carbons (Fsp3) is 0.585. The van der Waals surface area contributed by atoms with Crippen LogP contribution >= 0.6 is 0 Å². The Morgan fingerprint density at radius 3 is 1.78 bits per heavy atom. The Morgan fingerprint density at radius 2 is 1.22 bits per heavy atom. The summed E-state index contributed by atoms with van der Waals surface area (Å²) in [4.78, 5) is 134. The van der Waals surface area contributed by atoms with Gasteiger partial charge in [-0.05, 0) is 93.8 Å². The number of unbranched alkanes of at least 4 members (excludes halogenated alkanes) is 1. The third kappa shape index (κ3) is 17.3. The molecule has 0 bridgehead atoms. The Hall–Kier alpha value is -7.47. The number of sulfonamides is 1. The maximum atomic E-state index is 14.4. The zero-order valence-electron chi connectivity index (χ0n) is 46.3. The second-order valence-electron chi connectivity index (χ2n) is 21.5. The molecular formula is C53H79N13O15S+2.